The van der Waals surface area contributed by atoms with Crippen LogP contribution in [0, 0.1) is 0 Å². The summed E-state index contributed by atoms with van der Waals surface area (Å²) in [5.41, 5.74) is 8.06. The summed E-state index contributed by atoms with van der Waals surface area (Å²) in [6, 6.07) is 4.72. The van der Waals surface area contributed by atoms with Crippen molar-refractivity contribution in [2.45, 2.75) is 25.3 Å². The van der Waals surface area contributed by atoms with Gasteiger partial charge in [0.1, 0.15) is 22.8 Å². The van der Waals surface area contributed by atoms with Crippen LogP contribution in [0.15, 0.2) is 80.0 Å². The van der Waals surface area contributed by atoms with Crippen LogP contribution in [0.25, 0.3) is 0 Å². The molecule has 0 saturated heterocycles. The number of hydrogen-bond donors (Lipinski definition) is 11. The Hall–Kier alpha value is -11.4. The highest BCUT2D eigenvalue weighted by molar-refractivity contribution is 6.10. The molecular weight excluding hydrogens is 1170 g/mol. The maximum Gasteiger partial charge on any atom is 0.292 e. The van der Waals surface area contributed by atoms with Gasteiger partial charge in [-0.3, -0.25) is 47.9 Å². The predicted octanol–water partition coefficient (Wildman–Crippen LogP) is 0.762. The van der Waals surface area contributed by atoms with Crippen LogP contribution in [0.4, 0.5) is 40.2 Å². The standard InChI is InChI=1S/C56H70N24O10/c1-72(2)18-11-14-58-43(81)13-16-60-49(83)36-20-31(24-74(36)4)62-50(84)37-21-32(25-75(37)5)63-51(85)38-22-33(26-76(38)6)64-55(89)46-67-40(28-79(46)9)69-48(82)35(57)12-15-61-53(87)45-66-41(29-78(45)8)70-52(86)39-23-34(27-77(39)7)65-56(90)47-68-42(30-80(47)10)71-54(88)44-59-17-19-73(44)3/h17,19-30,35H,11-16,18,57H2,1-10H3,(H,58,81)(H,60,83)(H,61,87)(H,62,84)(H,63,85)(H,64,89)(H,65,90)(H,69,82)(H,70,86)(H,71,88)/t35-/m1/s1. The van der Waals surface area contributed by atoms with Gasteiger partial charge in [-0.15, -0.1) is 0 Å². The van der Waals surface area contributed by atoms with Crippen LogP contribution in [-0.2, 0) is 66.0 Å². The van der Waals surface area contributed by atoms with Crippen LogP contribution in [-0.4, -0.2) is 167 Å². The first-order valence-electron chi connectivity index (χ1n) is 27.9. The summed E-state index contributed by atoms with van der Waals surface area (Å²) in [7, 11) is 16.7. The van der Waals surface area contributed by atoms with E-state index in [1.807, 2.05) is 19.0 Å². The minimum Gasteiger partial charge on any atom is -0.356 e. The Labute approximate surface area is 513 Å². The summed E-state index contributed by atoms with van der Waals surface area (Å²) in [6.07, 6.45) is 14.4. The number of aromatic nitrogens is 12. The van der Waals surface area contributed by atoms with E-state index < -0.39 is 59.2 Å². The Kier molecular flexibility index (Phi) is 20.1. The molecule has 0 aliphatic carbocycles. The Balaban J connectivity index is 0.758. The third-order valence-corrected chi connectivity index (χ3v) is 13.8. The summed E-state index contributed by atoms with van der Waals surface area (Å²) in [5, 5.41) is 27.0. The van der Waals surface area contributed by atoms with Crippen molar-refractivity contribution in [3.63, 3.8) is 0 Å². The van der Waals surface area contributed by atoms with Crippen molar-refractivity contribution >= 4 is 99.3 Å². The van der Waals surface area contributed by atoms with Crippen molar-refractivity contribution in [1.82, 2.24) is 77.3 Å². The van der Waals surface area contributed by atoms with E-state index in [1.54, 1.807) is 72.5 Å². The molecule has 10 amide bonds. The molecule has 90 heavy (non-hydrogen) atoms. The monoisotopic (exact) mass is 1240 g/mol. The number of nitrogens with one attached hydrogen (secondary N) is 10. The van der Waals surface area contributed by atoms with Crippen molar-refractivity contribution in [2.24, 2.45) is 62.1 Å². The van der Waals surface area contributed by atoms with E-state index >= 15 is 0 Å². The van der Waals surface area contributed by atoms with E-state index in [-0.39, 0.29) is 107 Å². The molecule has 8 heterocycles. The number of imidazole rings is 4. The van der Waals surface area contributed by atoms with Gasteiger partial charge in [0.25, 0.3) is 47.3 Å². The molecule has 0 spiro atoms. The maximum atomic E-state index is 13.5. The van der Waals surface area contributed by atoms with Crippen molar-refractivity contribution in [3.8, 4) is 0 Å². The van der Waals surface area contributed by atoms with Crippen LogP contribution < -0.4 is 58.9 Å². The SMILES string of the molecule is CN(C)CCCNC(=O)CCNC(=O)c1cc(NC(=O)c2cc(NC(=O)c3cc(NC(=O)c4nc(NC(=O)[C@H](N)CCNC(=O)c5nc(NC(=O)c6cc(NC(=O)c7nc(NC(=O)c8nccn8C)cn7C)cn6C)cn5C)cn4C)cn3C)cn2C)cn1C. The molecule has 0 aliphatic heterocycles. The van der Waals surface area contributed by atoms with E-state index in [0.717, 1.165) is 13.0 Å². The number of anilines is 7. The normalized spacial score (nSPS) is 11.4. The van der Waals surface area contributed by atoms with Gasteiger partial charge in [-0.1, -0.05) is 0 Å². The lowest BCUT2D eigenvalue weighted by Gasteiger charge is -2.11. The topological polar surface area (TPSA) is 411 Å². The lowest BCUT2D eigenvalue weighted by Crippen LogP contribution is -2.39. The van der Waals surface area contributed by atoms with Crippen LogP contribution in [0.3, 0.4) is 0 Å². The second-order valence-electron chi connectivity index (χ2n) is 21.3. The zero-order valence-corrected chi connectivity index (χ0v) is 51.0. The molecule has 474 valence electrons. The van der Waals surface area contributed by atoms with Crippen LogP contribution >= 0.6 is 0 Å². The average Bonchev–Trinajstić information content (AvgIpc) is 2.82. The Morgan fingerprint density at radius 3 is 1.27 bits per heavy atom. The highest BCUT2D eigenvalue weighted by Crippen LogP contribution is 2.22. The Morgan fingerprint density at radius 1 is 0.433 bits per heavy atom. The highest BCUT2D eigenvalue weighted by Gasteiger charge is 2.25. The van der Waals surface area contributed by atoms with Crippen molar-refractivity contribution in [3.05, 3.63) is 126 Å². The quantitative estimate of drug-likeness (QED) is 0.0334. The maximum absolute atomic E-state index is 13.5. The molecule has 0 fully saturated rings. The van der Waals surface area contributed by atoms with Crippen LogP contribution in [0.2, 0.25) is 0 Å². The summed E-state index contributed by atoms with van der Waals surface area (Å²) in [4.78, 5) is 150. The van der Waals surface area contributed by atoms with Crippen molar-refractivity contribution in [2.75, 3.05) is 77.5 Å². The molecule has 0 saturated carbocycles. The fraction of sp³-hybridized carbons (Fsp3) is 0.321. The summed E-state index contributed by atoms with van der Waals surface area (Å²) in [6.45, 7) is 1.45. The van der Waals surface area contributed by atoms with Crippen LogP contribution in [0.5, 0.6) is 0 Å². The van der Waals surface area contributed by atoms with Gasteiger partial charge >= 0.3 is 0 Å². The van der Waals surface area contributed by atoms with Gasteiger partial charge in [0.15, 0.2) is 23.3 Å². The molecule has 34 heteroatoms. The minimum absolute atomic E-state index is 0.0101. The molecular formula is C56H70N24O10. The zero-order chi connectivity index (χ0) is 65.2. The molecule has 1 atom stereocenters. The van der Waals surface area contributed by atoms with Gasteiger partial charge in [-0.05, 0) is 57.7 Å². The molecule has 12 N–H and O–H groups in total. The first-order chi connectivity index (χ1) is 42.7. The fourth-order valence-corrected chi connectivity index (χ4v) is 9.21. The minimum atomic E-state index is -1.13. The number of carbonyl (C=O) groups excluding carboxylic acids is 10. The van der Waals surface area contributed by atoms with E-state index in [2.05, 4.69) is 73.1 Å². The van der Waals surface area contributed by atoms with Crippen molar-refractivity contribution in [1.29, 1.82) is 0 Å². The van der Waals surface area contributed by atoms with E-state index in [1.165, 1.54) is 100 Å². The van der Waals surface area contributed by atoms with Gasteiger partial charge in [0.05, 0.1) is 28.8 Å². The first-order valence-corrected chi connectivity index (χ1v) is 27.9. The number of nitrogens with two attached hydrogens (primary N) is 1. The predicted molar refractivity (Wildman–Crippen MR) is 329 cm³/mol. The number of carbonyl (C=O) groups is 10. The molecule has 0 bridgehead atoms. The summed E-state index contributed by atoms with van der Waals surface area (Å²) in [5.74, 6) is -5.23. The third kappa shape index (κ3) is 16.0. The number of amides is 10. The molecule has 8 rings (SSSR count). The lowest BCUT2D eigenvalue weighted by molar-refractivity contribution is -0.121. The van der Waals surface area contributed by atoms with Crippen LogP contribution in [0.1, 0.15) is 104 Å². The zero-order valence-electron chi connectivity index (χ0n) is 51.0. The van der Waals surface area contributed by atoms with Gasteiger partial charge in [-0.25, -0.2) is 19.9 Å². The molecule has 34 nitrogen and oxygen atoms in total. The molecule has 0 aliphatic rings. The van der Waals surface area contributed by atoms with Gasteiger partial charge in [0.2, 0.25) is 29.3 Å². The number of rotatable bonds is 26. The molecule has 8 aromatic rings. The second-order valence-corrected chi connectivity index (χ2v) is 21.3. The van der Waals surface area contributed by atoms with Crippen molar-refractivity contribution < 1.29 is 47.9 Å². The van der Waals surface area contributed by atoms with Gasteiger partial charge < -0.3 is 100 Å². The first kappa shape index (κ1) is 64.6. The third-order valence-electron chi connectivity index (χ3n) is 13.8. The van der Waals surface area contributed by atoms with E-state index in [0.29, 0.717) is 17.9 Å². The summed E-state index contributed by atoms with van der Waals surface area (Å²) >= 11 is 0. The smallest absolute Gasteiger partial charge is 0.292 e. The average molecular weight is 1240 g/mol. The van der Waals surface area contributed by atoms with Gasteiger partial charge in [0, 0.05) is 138 Å². The molecule has 0 radical (unpaired) electrons. The molecule has 8 aromatic heterocycles. The van der Waals surface area contributed by atoms with E-state index in [9.17, 15) is 47.9 Å². The largest absolute Gasteiger partial charge is 0.356 e. The lowest BCUT2D eigenvalue weighted by atomic mass is 10.2. The number of aryl methyl sites for hydroxylation is 8. The number of hydrogen-bond acceptors (Lipinski definition) is 16. The molecule has 0 unspecified atom stereocenters. The Bertz CT molecular complexity index is 4060. The number of nitrogens with zero attached hydrogens (tertiary/aromatic N) is 13. The van der Waals surface area contributed by atoms with E-state index in [4.69, 9.17) is 5.73 Å². The Morgan fingerprint density at radius 2 is 0.822 bits per heavy atom. The van der Waals surface area contributed by atoms with Gasteiger partial charge in [-0.2, -0.15) is 0 Å². The fourth-order valence-electron chi connectivity index (χ4n) is 9.21. The highest BCUT2D eigenvalue weighted by atomic mass is 16.2. The second kappa shape index (κ2) is 28.0. The summed E-state index contributed by atoms with van der Waals surface area (Å²) < 4.78 is 11.8. The molecule has 0 aromatic carbocycles.